The van der Waals surface area contributed by atoms with Crippen molar-refractivity contribution >= 4 is 20.0 Å². The van der Waals surface area contributed by atoms with E-state index in [-0.39, 0.29) is 38.0 Å². The van der Waals surface area contributed by atoms with Crippen LogP contribution < -0.4 is 18.9 Å². The topological polar surface area (TPSA) is 152 Å². The fraction of sp³-hybridized carbons (Fsp3) is 0.391. The van der Waals surface area contributed by atoms with Gasteiger partial charge in [-0.05, 0) is 95.5 Å². The normalized spacial score (nSPS) is 13.6. The van der Waals surface area contributed by atoms with Gasteiger partial charge in [-0.1, -0.05) is 74.5 Å². The molecule has 0 heterocycles. The molecule has 0 amide bonds. The third-order valence-electron chi connectivity index (χ3n) is 10.3. The highest BCUT2D eigenvalue weighted by atomic mass is 32.2. The van der Waals surface area contributed by atoms with Crippen molar-refractivity contribution in [1.29, 1.82) is 0 Å². The summed E-state index contributed by atoms with van der Waals surface area (Å²) in [5.41, 5.74) is 3.34. The SMILES string of the molecule is C=CC[C@H](C)[C@@H](CO)S(=O)(=O)N(Cc1ccc(OC)cc1)Cc1ccc(OC)cc1.C=CC[C@H](C)[C@H](CO)S(=O)(=O)N(Cc1ccc(OC)cc1)Cc1ccc(OC)cc1. The lowest BCUT2D eigenvalue weighted by atomic mass is 10.0. The molecule has 0 radical (unpaired) electrons. The number of hydrogen-bond acceptors (Lipinski definition) is 10. The molecule has 12 nitrogen and oxygen atoms in total. The van der Waals surface area contributed by atoms with Crippen LogP contribution in [-0.4, -0.2) is 87.8 Å². The zero-order valence-electron chi connectivity index (χ0n) is 35.6. The first kappa shape index (κ1) is 49.7. The molecule has 60 heavy (non-hydrogen) atoms. The van der Waals surface area contributed by atoms with Gasteiger partial charge in [-0.15, -0.1) is 13.2 Å². The summed E-state index contributed by atoms with van der Waals surface area (Å²) in [5.74, 6) is 2.30. The number of hydrogen-bond donors (Lipinski definition) is 2. The van der Waals surface area contributed by atoms with Crippen molar-refractivity contribution in [2.45, 2.75) is 63.4 Å². The maximum Gasteiger partial charge on any atom is 0.220 e. The van der Waals surface area contributed by atoms with Crippen LogP contribution >= 0.6 is 0 Å². The highest BCUT2D eigenvalue weighted by molar-refractivity contribution is 7.90. The van der Waals surface area contributed by atoms with Crippen molar-refractivity contribution in [3.63, 3.8) is 0 Å². The molecule has 0 fully saturated rings. The van der Waals surface area contributed by atoms with E-state index in [1.54, 1.807) is 89.1 Å². The molecule has 14 heteroatoms. The first-order valence-electron chi connectivity index (χ1n) is 19.6. The average Bonchev–Trinajstić information content (AvgIpc) is 3.25. The van der Waals surface area contributed by atoms with Gasteiger partial charge in [0, 0.05) is 26.2 Å². The Labute approximate surface area is 357 Å². The van der Waals surface area contributed by atoms with Gasteiger partial charge in [-0.2, -0.15) is 8.61 Å². The van der Waals surface area contributed by atoms with Crippen LogP contribution in [0.2, 0.25) is 0 Å². The van der Waals surface area contributed by atoms with Gasteiger partial charge in [0.25, 0.3) is 0 Å². The van der Waals surface area contributed by atoms with Crippen LogP contribution in [0, 0.1) is 11.8 Å². The van der Waals surface area contributed by atoms with E-state index in [2.05, 4.69) is 13.2 Å². The zero-order valence-corrected chi connectivity index (χ0v) is 37.3. The van der Waals surface area contributed by atoms with Crippen molar-refractivity contribution in [3.05, 3.63) is 145 Å². The summed E-state index contributed by atoms with van der Waals surface area (Å²) >= 11 is 0. The lowest BCUT2D eigenvalue weighted by molar-refractivity contribution is 0.255. The standard InChI is InChI=1S/2C23H31NO5S/c2*1-5-6-18(2)23(17-25)30(26,27)24(15-19-7-11-21(28-3)12-8-19)16-20-9-13-22(29-4)14-10-20/h2*5,7-14,18,23,25H,1,6,15-17H2,2-4H3/t18-,23+;18-,23-/m00/s1. The third-order valence-corrected chi connectivity index (χ3v) is 15.0. The van der Waals surface area contributed by atoms with Crippen molar-refractivity contribution in [1.82, 2.24) is 8.61 Å². The maximum absolute atomic E-state index is 13.5. The van der Waals surface area contributed by atoms with E-state index in [0.717, 1.165) is 22.3 Å². The monoisotopic (exact) mass is 866 g/mol. The van der Waals surface area contributed by atoms with Crippen LogP contribution in [0.5, 0.6) is 23.0 Å². The van der Waals surface area contributed by atoms with E-state index >= 15 is 0 Å². The summed E-state index contributed by atoms with van der Waals surface area (Å²) in [7, 11) is -1.24. The van der Waals surface area contributed by atoms with Gasteiger partial charge in [0.2, 0.25) is 20.0 Å². The predicted octanol–water partition coefficient (Wildman–Crippen LogP) is 7.22. The van der Waals surface area contributed by atoms with Gasteiger partial charge in [0.1, 0.15) is 33.5 Å². The molecule has 0 saturated heterocycles. The molecule has 2 N–H and O–H groups in total. The van der Waals surface area contributed by atoms with Gasteiger partial charge in [-0.3, -0.25) is 0 Å². The first-order chi connectivity index (χ1) is 28.7. The summed E-state index contributed by atoms with van der Waals surface area (Å²) in [5, 5.41) is 18.0. The largest absolute Gasteiger partial charge is 0.497 e. The van der Waals surface area contributed by atoms with E-state index in [0.29, 0.717) is 35.8 Å². The lowest BCUT2D eigenvalue weighted by Crippen LogP contribution is -2.43. The van der Waals surface area contributed by atoms with Crippen LogP contribution in [0.4, 0.5) is 0 Å². The van der Waals surface area contributed by atoms with E-state index in [1.165, 1.54) is 8.61 Å². The minimum absolute atomic E-state index is 0.190. The minimum atomic E-state index is -3.79. The van der Waals surface area contributed by atoms with E-state index < -0.39 is 43.8 Å². The zero-order chi connectivity index (χ0) is 44.3. The van der Waals surface area contributed by atoms with Gasteiger partial charge in [-0.25, -0.2) is 16.8 Å². The highest BCUT2D eigenvalue weighted by Crippen LogP contribution is 2.27. The van der Waals surface area contributed by atoms with E-state index in [9.17, 15) is 27.0 Å². The Hall–Kier alpha value is -4.70. The minimum Gasteiger partial charge on any atom is -0.497 e. The highest BCUT2D eigenvalue weighted by Gasteiger charge is 2.36. The Bertz CT molecular complexity index is 1840. The molecule has 4 rings (SSSR count). The molecule has 4 atom stereocenters. The summed E-state index contributed by atoms with van der Waals surface area (Å²) in [6.45, 7) is 10.9. The molecule has 328 valence electrons. The molecule has 0 aliphatic rings. The Morgan fingerprint density at radius 3 is 0.867 bits per heavy atom. The number of methoxy groups -OCH3 is 4. The number of sulfonamides is 2. The van der Waals surface area contributed by atoms with Crippen molar-refractivity contribution in [2.75, 3.05) is 41.7 Å². The second-order valence-electron chi connectivity index (χ2n) is 14.5. The number of aliphatic hydroxyl groups is 2. The Morgan fingerprint density at radius 1 is 0.483 bits per heavy atom. The lowest BCUT2D eigenvalue weighted by Gasteiger charge is -2.30. The quantitative estimate of drug-likeness (QED) is 0.0691. The van der Waals surface area contributed by atoms with Crippen LogP contribution in [0.1, 0.15) is 48.9 Å². The number of nitrogens with zero attached hydrogens (tertiary/aromatic N) is 2. The summed E-state index contributed by atoms with van der Waals surface area (Å²) in [6.07, 6.45) is 4.37. The fourth-order valence-electron chi connectivity index (χ4n) is 6.56. The number of aliphatic hydroxyl groups excluding tert-OH is 2. The van der Waals surface area contributed by atoms with Crippen LogP contribution in [-0.2, 0) is 46.2 Å². The Kier molecular flexibility index (Phi) is 20.3. The number of rotatable bonds is 24. The molecule has 0 aromatic heterocycles. The number of ether oxygens (including phenoxy) is 4. The van der Waals surface area contributed by atoms with Gasteiger partial charge >= 0.3 is 0 Å². The summed E-state index contributed by atoms with van der Waals surface area (Å²) in [6, 6.07) is 29.2. The van der Waals surface area contributed by atoms with Crippen molar-refractivity contribution in [2.24, 2.45) is 11.8 Å². The molecular formula is C46H62N2O10S2. The molecule has 0 bridgehead atoms. The molecule has 0 unspecified atom stereocenters. The van der Waals surface area contributed by atoms with Crippen LogP contribution in [0.25, 0.3) is 0 Å². The second kappa shape index (κ2) is 24.5. The van der Waals surface area contributed by atoms with Crippen molar-refractivity contribution < 1.29 is 46.0 Å². The number of benzene rings is 4. The molecule has 0 saturated carbocycles. The molecule has 4 aromatic rings. The third kappa shape index (κ3) is 14.2. The van der Waals surface area contributed by atoms with Gasteiger partial charge in [0.05, 0.1) is 41.7 Å². The van der Waals surface area contributed by atoms with Crippen LogP contribution in [0.3, 0.4) is 0 Å². The van der Waals surface area contributed by atoms with Gasteiger partial charge in [0.15, 0.2) is 0 Å². The van der Waals surface area contributed by atoms with Gasteiger partial charge < -0.3 is 29.2 Å². The average molecular weight is 867 g/mol. The van der Waals surface area contributed by atoms with Crippen LogP contribution in [0.15, 0.2) is 122 Å². The molecule has 0 spiro atoms. The molecule has 4 aromatic carbocycles. The fourth-order valence-corrected chi connectivity index (χ4v) is 10.4. The molecular weight excluding hydrogens is 805 g/mol. The Balaban J connectivity index is 0.000000320. The summed E-state index contributed by atoms with van der Waals surface area (Å²) in [4.78, 5) is 0. The first-order valence-corrected chi connectivity index (χ1v) is 22.6. The summed E-state index contributed by atoms with van der Waals surface area (Å²) < 4.78 is 77.7. The van der Waals surface area contributed by atoms with E-state index in [1.807, 2.05) is 62.4 Å². The second-order valence-corrected chi connectivity index (χ2v) is 18.8. The van der Waals surface area contributed by atoms with E-state index in [4.69, 9.17) is 18.9 Å². The smallest absolute Gasteiger partial charge is 0.220 e. The molecule has 0 aliphatic heterocycles. The molecule has 0 aliphatic carbocycles. The van der Waals surface area contributed by atoms with Crippen molar-refractivity contribution in [3.8, 4) is 23.0 Å². The maximum atomic E-state index is 13.5. The predicted molar refractivity (Wildman–Crippen MR) is 238 cm³/mol. The Morgan fingerprint density at radius 2 is 0.700 bits per heavy atom. The number of allylic oxidation sites excluding steroid dienone is 2.